The molecule has 0 saturated heterocycles. The van der Waals surface area contributed by atoms with Crippen molar-refractivity contribution in [1.29, 1.82) is 0 Å². The van der Waals surface area contributed by atoms with Gasteiger partial charge in [-0.15, -0.1) is 0 Å². The van der Waals surface area contributed by atoms with Crippen molar-refractivity contribution < 1.29 is 4.79 Å². The SMILES string of the molecule is Cc1cc(NC(=O)c2ccc3ncccc3c2)cnc1Cl. The van der Waals surface area contributed by atoms with Gasteiger partial charge in [-0.05, 0) is 42.8 Å². The summed E-state index contributed by atoms with van der Waals surface area (Å²) in [7, 11) is 0. The number of amides is 1. The van der Waals surface area contributed by atoms with Gasteiger partial charge in [0.2, 0.25) is 0 Å². The molecule has 1 N–H and O–H groups in total. The number of nitrogens with zero attached hydrogens (tertiary/aromatic N) is 2. The molecule has 2 aromatic heterocycles. The van der Waals surface area contributed by atoms with Crippen LogP contribution in [0.5, 0.6) is 0 Å². The highest BCUT2D eigenvalue weighted by atomic mass is 35.5. The summed E-state index contributed by atoms with van der Waals surface area (Å²) in [6.07, 6.45) is 3.26. The number of benzene rings is 1. The van der Waals surface area contributed by atoms with E-state index < -0.39 is 0 Å². The molecule has 0 bridgehead atoms. The largest absolute Gasteiger partial charge is 0.321 e. The summed E-state index contributed by atoms with van der Waals surface area (Å²) in [6.45, 7) is 1.84. The van der Waals surface area contributed by atoms with E-state index in [0.717, 1.165) is 16.5 Å². The van der Waals surface area contributed by atoms with Crippen molar-refractivity contribution in [3.8, 4) is 0 Å². The van der Waals surface area contributed by atoms with Gasteiger partial charge in [0.1, 0.15) is 5.15 Å². The Morgan fingerprint density at radius 2 is 2.05 bits per heavy atom. The van der Waals surface area contributed by atoms with Gasteiger partial charge in [0.15, 0.2) is 0 Å². The molecule has 0 radical (unpaired) electrons. The molecule has 0 unspecified atom stereocenters. The minimum atomic E-state index is -0.190. The summed E-state index contributed by atoms with van der Waals surface area (Å²) in [5.41, 5.74) is 2.87. The summed E-state index contributed by atoms with van der Waals surface area (Å²) in [4.78, 5) is 20.5. The van der Waals surface area contributed by atoms with E-state index in [1.54, 1.807) is 18.3 Å². The Bertz CT molecular complexity index is 833. The van der Waals surface area contributed by atoms with Crippen LogP contribution in [0.3, 0.4) is 0 Å². The lowest BCUT2D eigenvalue weighted by Gasteiger charge is -2.07. The van der Waals surface area contributed by atoms with Crippen molar-refractivity contribution >= 4 is 34.1 Å². The Hall–Kier alpha value is -2.46. The third-order valence-electron chi connectivity index (χ3n) is 3.14. The quantitative estimate of drug-likeness (QED) is 0.731. The molecule has 2 heterocycles. The highest BCUT2D eigenvalue weighted by molar-refractivity contribution is 6.30. The maximum Gasteiger partial charge on any atom is 0.255 e. The lowest BCUT2D eigenvalue weighted by atomic mass is 10.1. The molecule has 5 heteroatoms. The number of halogens is 1. The first-order valence-electron chi connectivity index (χ1n) is 6.42. The number of carbonyl (C=O) groups is 1. The van der Waals surface area contributed by atoms with Gasteiger partial charge in [-0.3, -0.25) is 9.78 Å². The lowest BCUT2D eigenvalue weighted by Crippen LogP contribution is -2.12. The highest BCUT2D eigenvalue weighted by Gasteiger charge is 2.08. The first-order chi connectivity index (χ1) is 10.1. The van der Waals surface area contributed by atoms with Crippen LogP contribution in [0.25, 0.3) is 10.9 Å². The number of aryl methyl sites for hydroxylation is 1. The van der Waals surface area contributed by atoms with Crippen molar-refractivity contribution in [2.75, 3.05) is 5.32 Å². The number of nitrogens with one attached hydrogen (secondary N) is 1. The molecule has 0 atom stereocenters. The van der Waals surface area contributed by atoms with Crippen LogP contribution in [0, 0.1) is 6.92 Å². The topological polar surface area (TPSA) is 54.9 Å². The second kappa shape index (κ2) is 5.50. The molecule has 3 rings (SSSR count). The first kappa shape index (κ1) is 13.5. The zero-order chi connectivity index (χ0) is 14.8. The first-order valence-corrected chi connectivity index (χ1v) is 6.79. The third-order valence-corrected chi connectivity index (χ3v) is 3.53. The number of hydrogen-bond donors (Lipinski definition) is 1. The molecule has 0 aliphatic rings. The molecule has 0 aliphatic carbocycles. The number of rotatable bonds is 2. The molecular weight excluding hydrogens is 286 g/mol. The summed E-state index contributed by atoms with van der Waals surface area (Å²) in [5, 5.41) is 4.17. The summed E-state index contributed by atoms with van der Waals surface area (Å²) >= 11 is 5.87. The third kappa shape index (κ3) is 2.85. The van der Waals surface area contributed by atoms with Crippen LogP contribution in [0.4, 0.5) is 5.69 Å². The molecule has 3 aromatic rings. The van der Waals surface area contributed by atoms with Crippen molar-refractivity contribution in [1.82, 2.24) is 9.97 Å². The normalized spacial score (nSPS) is 10.6. The van der Waals surface area contributed by atoms with Gasteiger partial charge < -0.3 is 5.32 Å². The van der Waals surface area contributed by atoms with Crippen molar-refractivity contribution in [3.05, 3.63) is 65.1 Å². The molecule has 1 amide bonds. The summed E-state index contributed by atoms with van der Waals surface area (Å²) in [6, 6.07) is 10.9. The fourth-order valence-electron chi connectivity index (χ4n) is 2.05. The van der Waals surface area contributed by atoms with Crippen LogP contribution in [0.15, 0.2) is 48.8 Å². The molecule has 0 aliphatic heterocycles. The molecule has 0 saturated carbocycles. The Balaban J connectivity index is 1.87. The molecule has 21 heavy (non-hydrogen) atoms. The number of hydrogen-bond acceptors (Lipinski definition) is 3. The van der Waals surface area contributed by atoms with Gasteiger partial charge in [-0.25, -0.2) is 4.98 Å². The predicted molar refractivity (Wildman–Crippen MR) is 83.7 cm³/mol. The van der Waals surface area contributed by atoms with E-state index in [0.29, 0.717) is 16.4 Å². The Morgan fingerprint density at radius 1 is 1.19 bits per heavy atom. The maximum atomic E-state index is 12.3. The number of fused-ring (bicyclic) bond motifs is 1. The van der Waals surface area contributed by atoms with Crippen LogP contribution < -0.4 is 5.32 Å². The second-order valence-electron chi connectivity index (χ2n) is 4.70. The van der Waals surface area contributed by atoms with Crippen molar-refractivity contribution in [3.63, 3.8) is 0 Å². The van der Waals surface area contributed by atoms with E-state index in [2.05, 4.69) is 15.3 Å². The zero-order valence-corrected chi connectivity index (χ0v) is 12.1. The number of pyridine rings is 2. The van der Waals surface area contributed by atoms with Crippen molar-refractivity contribution in [2.45, 2.75) is 6.92 Å². The summed E-state index contributed by atoms with van der Waals surface area (Å²) < 4.78 is 0. The highest BCUT2D eigenvalue weighted by Crippen LogP contribution is 2.18. The van der Waals surface area contributed by atoms with Crippen molar-refractivity contribution in [2.24, 2.45) is 0 Å². The van der Waals surface area contributed by atoms with Gasteiger partial charge in [0.25, 0.3) is 5.91 Å². The Kier molecular flexibility index (Phi) is 3.54. The molecule has 104 valence electrons. The minimum absolute atomic E-state index is 0.190. The summed E-state index contributed by atoms with van der Waals surface area (Å²) in [5.74, 6) is -0.190. The maximum absolute atomic E-state index is 12.3. The smallest absolute Gasteiger partial charge is 0.255 e. The standard InChI is InChI=1S/C16H12ClN3O/c1-10-7-13(9-19-15(10)17)20-16(21)12-4-5-14-11(8-12)3-2-6-18-14/h2-9H,1H3,(H,20,21). The average Bonchev–Trinajstić information content (AvgIpc) is 2.50. The minimum Gasteiger partial charge on any atom is -0.321 e. The number of anilines is 1. The fourth-order valence-corrected chi connectivity index (χ4v) is 2.15. The monoisotopic (exact) mass is 297 g/mol. The fraction of sp³-hybridized carbons (Fsp3) is 0.0625. The van der Waals surface area contributed by atoms with E-state index >= 15 is 0 Å². The van der Waals surface area contributed by atoms with Gasteiger partial charge in [0.05, 0.1) is 17.4 Å². The number of carbonyl (C=O) groups excluding carboxylic acids is 1. The van der Waals surface area contributed by atoms with Crippen LogP contribution in [0.1, 0.15) is 15.9 Å². The Morgan fingerprint density at radius 3 is 2.86 bits per heavy atom. The average molecular weight is 298 g/mol. The molecular formula is C16H12ClN3O. The van der Waals surface area contributed by atoms with E-state index in [1.165, 1.54) is 6.20 Å². The second-order valence-corrected chi connectivity index (χ2v) is 5.05. The molecule has 0 fully saturated rings. The van der Waals surface area contributed by atoms with Crippen LogP contribution in [0.2, 0.25) is 5.15 Å². The molecule has 0 spiro atoms. The van der Waals surface area contributed by atoms with E-state index in [-0.39, 0.29) is 5.91 Å². The van der Waals surface area contributed by atoms with E-state index in [4.69, 9.17) is 11.6 Å². The predicted octanol–water partition coefficient (Wildman–Crippen LogP) is 3.84. The lowest BCUT2D eigenvalue weighted by molar-refractivity contribution is 0.102. The van der Waals surface area contributed by atoms with Gasteiger partial charge >= 0.3 is 0 Å². The number of aromatic nitrogens is 2. The van der Waals surface area contributed by atoms with Gasteiger partial charge in [-0.2, -0.15) is 0 Å². The van der Waals surface area contributed by atoms with Gasteiger partial charge in [0, 0.05) is 17.1 Å². The van der Waals surface area contributed by atoms with Gasteiger partial charge in [-0.1, -0.05) is 17.7 Å². The van der Waals surface area contributed by atoms with Crippen LogP contribution in [-0.4, -0.2) is 15.9 Å². The van der Waals surface area contributed by atoms with Crippen LogP contribution in [-0.2, 0) is 0 Å². The molecule has 1 aromatic carbocycles. The van der Waals surface area contributed by atoms with Crippen LogP contribution >= 0.6 is 11.6 Å². The zero-order valence-electron chi connectivity index (χ0n) is 11.3. The van der Waals surface area contributed by atoms with E-state index in [1.807, 2.05) is 31.2 Å². The molecule has 4 nitrogen and oxygen atoms in total. The Labute approximate surface area is 126 Å². The van der Waals surface area contributed by atoms with E-state index in [9.17, 15) is 4.79 Å².